The smallest absolute Gasteiger partial charge is 0.122 e. The third-order valence-electron chi connectivity index (χ3n) is 3.13. The number of rotatable bonds is 8. The summed E-state index contributed by atoms with van der Waals surface area (Å²) in [6, 6.07) is 4.34. The number of nitrogens with one attached hydrogen (secondary N) is 2. The molecule has 0 bridgehead atoms. The molecular formula is C15H26N2O. The first-order valence-electron chi connectivity index (χ1n) is 6.68. The summed E-state index contributed by atoms with van der Waals surface area (Å²) in [5, 5.41) is 6.62. The standard InChI is InChI=1S/C15H26N2O/c1-12-10-13(2)14(15(11-12)18-4)6-9-17-8-5-7-16-3/h10-11,16-17H,5-9H2,1-4H3. The van der Waals surface area contributed by atoms with E-state index in [0.29, 0.717) is 0 Å². The van der Waals surface area contributed by atoms with Crippen LogP contribution in [0.2, 0.25) is 0 Å². The summed E-state index contributed by atoms with van der Waals surface area (Å²) in [4.78, 5) is 0. The van der Waals surface area contributed by atoms with Crippen LogP contribution in [-0.4, -0.2) is 33.8 Å². The van der Waals surface area contributed by atoms with Crippen molar-refractivity contribution < 1.29 is 4.74 Å². The molecule has 0 unspecified atom stereocenters. The molecule has 18 heavy (non-hydrogen) atoms. The van der Waals surface area contributed by atoms with Crippen molar-refractivity contribution in [1.82, 2.24) is 10.6 Å². The van der Waals surface area contributed by atoms with Gasteiger partial charge >= 0.3 is 0 Å². The van der Waals surface area contributed by atoms with E-state index >= 15 is 0 Å². The molecule has 0 fully saturated rings. The Balaban J connectivity index is 2.46. The Morgan fingerprint density at radius 2 is 1.89 bits per heavy atom. The highest BCUT2D eigenvalue weighted by Gasteiger charge is 2.07. The van der Waals surface area contributed by atoms with E-state index in [2.05, 4.69) is 36.6 Å². The van der Waals surface area contributed by atoms with Gasteiger partial charge in [0.25, 0.3) is 0 Å². The predicted octanol–water partition coefficient (Wildman–Crippen LogP) is 2.05. The second-order valence-corrected chi connectivity index (χ2v) is 4.72. The molecule has 1 aromatic rings. The van der Waals surface area contributed by atoms with Crippen molar-refractivity contribution in [3.8, 4) is 5.75 Å². The van der Waals surface area contributed by atoms with E-state index in [4.69, 9.17) is 4.74 Å². The number of ether oxygens (including phenoxy) is 1. The normalized spacial score (nSPS) is 10.7. The summed E-state index contributed by atoms with van der Waals surface area (Å²) >= 11 is 0. The van der Waals surface area contributed by atoms with Crippen molar-refractivity contribution in [2.75, 3.05) is 33.8 Å². The summed E-state index contributed by atoms with van der Waals surface area (Å²) in [6.07, 6.45) is 2.19. The SMILES string of the molecule is CNCCCNCCc1c(C)cc(C)cc1OC. The Hall–Kier alpha value is -1.06. The van der Waals surface area contributed by atoms with E-state index in [0.717, 1.165) is 31.8 Å². The van der Waals surface area contributed by atoms with Gasteiger partial charge in [0.15, 0.2) is 0 Å². The van der Waals surface area contributed by atoms with Crippen molar-refractivity contribution in [2.24, 2.45) is 0 Å². The zero-order chi connectivity index (χ0) is 13.4. The molecule has 0 aliphatic rings. The Morgan fingerprint density at radius 1 is 1.11 bits per heavy atom. The second kappa shape index (κ2) is 8.11. The van der Waals surface area contributed by atoms with Crippen molar-refractivity contribution in [1.29, 1.82) is 0 Å². The number of hydrogen-bond acceptors (Lipinski definition) is 3. The van der Waals surface area contributed by atoms with E-state index in [9.17, 15) is 0 Å². The van der Waals surface area contributed by atoms with Crippen LogP contribution in [-0.2, 0) is 6.42 Å². The number of aryl methyl sites for hydroxylation is 2. The van der Waals surface area contributed by atoms with Crippen LogP contribution >= 0.6 is 0 Å². The predicted molar refractivity (Wildman–Crippen MR) is 77.6 cm³/mol. The molecule has 0 amide bonds. The fraction of sp³-hybridized carbons (Fsp3) is 0.600. The molecule has 3 heteroatoms. The maximum Gasteiger partial charge on any atom is 0.122 e. The lowest BCUT2D eigenvalue weighted by molar-refractivity contribution is 0.408. The van der Waals surface area contributed by atoms with Gasteiger partial charge in [0.05, 0.1) is 7.11 Å². The van der Waals surface area contributed by atoms with E-state index in [1.54, 1.807) is 7.11 Å². The molecule has 102 valence electrons. The molecule has 0 saturated carbocycles. The van der Waals surface area contributed by atoms with Crippen molar-refractivity contribution in [3.63, 3.8) is 0 Å². The minimum Gasteiger partial charge on any atom is -0.496 e. The van der Waals surface area contributed by atoms with Crippen LogP contribution in [0, 0.1) is 13.8 Å². The van der Waals surface area contributed by atoms with Crippen LogP contribution in [0.25, 0.3) is 0 Å². The molecule has 0 aliphatic heterocycles. The highest BCUT2D eigenvalue weighted by atomic mass is 16.5. The van der Waals surface area contributed by atoms with E-state index in [-0.39, 0.29) is 0 Å². The molecule has 2 N–H and O–H groups in total. The largest absolute Gasteiger partial charge is 0.496 e. The molecule has 0 saturated heterocycles. The Labute approximate surface area is 111 Å². The third kappa shape index (κ3) is 4.67. The van der Waals surface area contributed by atoms with Gasteiger partial charge in [0.2, 0.25) is 0 Å². The quantitative estimate of drug-likeness (QED) is 0.693. The lowest BCUT2D eigenvalue weighted by atomic mass is 10.0. The highest BCUT2D eigenvalue weighted by Crippen LogP contribution is 2.24. The van der Waals surface area contributed by atoms with Gasteiger partial charge in [-0.05, 0) is 76.1 Å². The molecule has 0 radical (unpaired) electrons. The third-order valence-corrected chi connectivity index (χ3v) is 3.13. The van der Waals surface area contributed by atoms with E-state index in [1.165, 1.54) is 23.1 Å². The van der Waals surface area contributed by atoms with Gasteiger partial charge in [-0.1, -0.05) is 6.07 Å². The van der Waals surface area contributed by atoms with Crippen molar-refractivity contribution >= 4 is 0 Å². The maximum absolute atomic E-state index is 5.46. The number of hydrogen-bond donors (Lipinski definition) is 2. The number of methoxy groups -OCH3 is 1. The second-order valence-electron chi connectivity index (χ2n) is 4.72. The number of benzene rings is 1. The Bertz CT molecular complexity index is 364. The fourth-order valence-electron chi connectivity index (χ4n) is 2.19. The minimum absolute atomic E-state index is 1.00. The summed E-state index contributed by atoms with van der Waals surface area (Å²) < 4.78 is 5.46. The van der Waals surface area contributed by atoms with Gasteiger partial charge in [-0.25, -0.2) is 0 Å². The molecule has 1 rings (SSSR count). The van der Waals surface area contributed by atoms with Gasteiger partial charge in [-0.2, -0.15) is 0 Å². The van der Waals surface area contributed by atoms with Gasteiger partial charge in [0.1, 0.15) is 5.75 Å². The summed E-state index contributed by atoms with van der Waals surface area (Å²) in [6.45, 7) is 7.40. The Kier molecular flexibility index (Phi) is 6.76. The van der Waals surface area contributed by atoms with Gasteiger partial charge < -0.3 is 15.4 Å². The first-order chi connectivity index (χ1) is 8.69. The molecule has 0 aromatic heterocycles. The summed E-state index contributed by atoms with van der Waals surface area (Å²) in [5.74, 6) is 1.02. The molecule has 1 aromatic carbocycles. The first-order valence-corrected chi connectivity index (χ1v) is 6.68. The first kappa shape index (κ1) is 15.0. The zero-order valence-corrected chi connectivity index (χ0v) is 12.1. The monoisotopic (exact) mass is 250 g/mol. The zero-order valence-electron chi connectivity index (χ0n) is 12.1. The molecule has 0 spiro atoms. The van der Waals surface area contributed by atoms with Crippen LogP contribution in [0.5, 0.6) is 5.75 Å². The van der Waals surface area contributed by atoms with E-state index < -0.39 is 0 Å². The van der Waals surface area contributed by atoms with Gasteiger partial charge in [-0.15, -0.1) is 0 Å². The van der Waals surface area contributed by atoms with Crippen LogP contribution in [0.3, 0.4) is 0 Å². The van der Waals surface area contributed by atoms with Crippen LogP contribution < -0.4 is 15.4 Å². The summed E-state index contributed by atoms with van der Waals surface area (Å²) in [5.41, 5.74) is 3.91. The van der Waals surface area contributed by atoms with Crippen molar-refractivity contribution in [2.45, 2.75) is 26.7 Å². The lowest BCUT2D eigenvalue weighted by Gasteiger charge is -2.13. The fourth-order valence-corrected chi connectivity index (χ4v) is 2.19. The van der Waals surface area contributed by atoms with Gasteiger partial charge in [0, 0.05) is 0 Å². The average Bonchev–Trinajstić information content (AvgIpc) is 2.35. The minimum atomic E-state index is 1.00. The maximum atomic E-state index is 5.46. The molecule has 0 atom stereocenters. The van der Waals surface area contributed by atoms with Crippen LogP contribution in [0.1, 0.15) is 23.1 Å². The lowest BCUT2D eigenvalue weighted by Crippen LogP contribution is -2.22. The van der Waals surface area contributed by atoms with Gasteiger partial charge in [-0.3, -0.25) is 0 Å². The topological polar surface area (TPSA) is 33.3 Å². The average molecular weight is 250 g/mol. The molecule has 3 nitrogen and oxygen atoms in total. The van der Waals surface area contributed by atoms with Crippen molar-refractivity contribution in [3.05, 3.63) is 28.8 Å². The van der Waals surface area contributed by atoms with Crippen LogP contribution in [0.15, 0.2) is 12.1 Å². The molecule has 0 heterocycles. The molecular weight excluding hydrogens is 224 g/mol. The Morgan fingerprint density at radius 3 is 2.56 bits per heavy atom. The highest BCUT2D eigenvalue weighted by molar-refractivity contribution is 5.43. The van der Waals surface area contributed by atoms with Crippen LogP contribution in [0.4, 0.5) is 0 Å². The summed E-state index contributed by atoms with van der Waals surface area (Å²) in [7, 11) is 3.73. The molecule has 0 aliphatic carbocycles. The van der Waals surface area contributed by atoms with E-state index in [1.807, 2.05) is 7.05 Å².